The lowest BCUT2D eigenvalue weighted by Crippen LogP contribution is -2.09. The molecule has 4 nitrogen and oxygen atoms in total. The fourth-order valence-electron chi connectivity index (χ4n) is 1.12. The second-order valence-electron chi connectivity index (χ2n) is 3.44. The second kappa shape index (κ2) is 6.61. The Morgan fingerprint density at radius 3 is 2.25 bits per heavy atom. The number of hydrogen-bond acceptors (Lipinski definition) is 2. The molecule has 0 aliphatic carbocycles. The van der Waals surface area contributed by atoms with E-state index in [9.17, 15) is 9.59 Å². The van der Waals surface area contributed by atoms with E-state index in [1.165, 1.54) is 6.08 Å². The van der Waals surface area contributed by atoms with Gasteiger partial charge >= 0.3 is 11.9 Å². The van der Waals surface area contributed by atoms with Crippen LogP contribution in [-0.4, -0.2) is 22.2 Å². The quantitative estimate of drug-likeness (QED) is 0.513. The van der Waals surface area contributed by atoms with Crippen LogP contribution >= 0.6 is 0 Å². The van der Waals surface area contributed by atoms with Crippen molar-refractivity contribution in [3.05, 3.63) is 36.5 Å². The van der Waals surface area contributed by atoms with E-state index in [-0.39, 0.29) is 11.1 Å². The zero-order valence-corrected chi connectivity index (χ0v) is 9.27. The molecule has 0 aliphatic rings. The molecule has 0 heterocycles. The summed E-state index contributed by atoms with van der Waals surface area (Å²) in [5, 5.41) is 17.6. The van der Waals surface area contributed by atoms with Crippen molar-refractivity contribution in [1.29, 1.82) is 0 Å². The van der Waals surface area contributed by atoms with Crippen LogP contribution in [0.2, 0.25) is 0 Å². The predicted octanol–water partition coefficient (Wildman–Crippen LogP) is 2.24. The zero-order chi connectivity index (χ0) is 12.7. The molecule has 0 aromatic heterocycles. The molecule has 0 fully saturated rings. The van der Waals surface area contributed by atoms with Crippen LogP contribution in [0.25, 0.3) is 0 Å². The number of carboxylic acid groups (broad SMARTS) is 2. The Morgan fingerprint density at radius 2 is 1.88 bits per heavy atom. The minimum atomic E-state index is -1.11. The molecule has 0 rings (SSSR count). The monoisotopic (exact) mass is 224 g/mol. The van der Waals surface area contributed by atoms with Gasteiger partial charge in [-0.05, 0) is 12.8 Å². The molecular formula is C12H16O4. The van der Waals surface area contributed by atoms with Crippen LogP contribution in [0.4, 0.5) is 0 Å². The first kappa shape index (κ1) is 14.2. The van der Waals surface area contributed by atoms with Crippen molar-refractivity contribution in [1.82, 2.24) is 0 Å². The molecule has 4 heteroatoms. The predicted molar refractivity (Wildman–Crippen MR) is 61.1 cm³/mol. The average molecular weight is 224 g/mol. The number of carboxylic acids is 2. The van der Waals surface area contributed by atoms with E-state index in [0.29, 0.717) is 12.8 Å². The molecule has 0 radical (unpaired) electrons. The van der Waals surface area contributed by atoms with Crippen LogP contribution in [0.1, 0.15) is 19.8 Å². The van der Waals surface area contributed by atoms with E-state index in [1.807, 2.05) is 0 Å². The highest BCUT2D eigenvalue weighted by molar-refractivity contribution is 5.89. The topological polar surface area (TPSA) is 74.6 Å². The van der Waals surface area contributed by atoms with Crippen LogP contribution in [0, 0.1) is 5.92 Å². The first-order chi connectivity index (χ1) is 7.40. The maximum atomic E-state index is 10.9. The van der Waals surface area contributed by atoms with Crippen molar-refractivity contribution >= 4 is 11.9 Å². The maximum absolute atomic E-state index is 10.9. The van der Waals surface area contributed by atoms with Gasteiger partial charge in [0.1, 0.15) is 0 Å². The highest BCUT2D eigenvalue weighted by Gasteiger charge is 2.14. The van der Waals surface area contributed by atoms with E-state index in [1.54, 1.807) is 13.0 Å². The molecule has 16 heavy (non-hydrogen) atoms. The van der Waals surface area contributed by atoms with Gasteiger partial charge < -0.3 is 10.2 Å². The van der Waals surface area contributed by atoms with Crippen LogP contribution < -0.4 is 0 Å². The van der Waals surface area contributed by atoms with Gasteiger partial charge in [0, 0.05) is 17.1 Å². The Balaban J connectivity index is 4.77. The van der Waals surface area contributed by atoms with Crippen molar-refractivity contribution in [2.24, 2.45) is 5.92 Å². The maximum Gasteiger partial charge on any atom is 0.331 e. The Hall–Kier alpha value is -1.84. The van der Waals surface area contributed by atoms with Gasteiger partial charge in [0.25, 0.3) is 0 Å². The molecule has 0 aliphatic heterocycles. The Bertz CT molecular complexity index is 339. The number of aliphatic carboxylic acids is 2. The molecule has 0 saturated heterocycles. The lowest BCUT2D eigenvalue weighted by molar-refractivity contribution is -0.134. The first-order valence-electron chi connectivity index (χ1n) is 4.87. The number of allylic oxidation sites excluding steroid dienone is 2. The molecule has 88 valence electrons. The summed E-state index contributed by atoms with van der Waals surface area (Å²) in [6.07, 6.45) is 3.93. The fourth-order valence-corrected chi connectivity index (χ4v) is 1.12. The van der Waals surface area contributed by atoms with E-state index in [2.05, 4.69) is 13.2 Å². The molecule has 1 unspecified atom stereocenters. The normalized spacial score (nSPS) is 12.9. The third-order valence-corrected chi connectivity index (χ3v) is 2.17. The van der Waals surface area contributed by atoms with Crippen molar-refractivity contribution in [2.45, 2.75) is 19.8 Å². The van der Waals surface area contributed by atoms with Crippen molar-refractivity contribution in [2.75, 3.05) is 0 Å². The highest BCUT2D eigenvalue weighted by atomic mass is 16.4. The van der Waals surface area contributed by atoms with Crippen LogP contribution in [0.15, 0.2) is 36.5 Å². The lowest BCUT2D eigenvalue weighted by atomic mass is 9.98. The summed E-state index contributed by atoms with van der Waals surface area (Å²) in [4.78, 5) is 21.5. The molecular weight excluding hydrogens is 208 g/mol. The van der Waals surface area contributed by atoms with Gasteiger partial charge in [-0.1, -0.05) is 25.7 Å². The van der Waals surface area contributed by atoms with Gasteiger partial charge in [-0.25, -0.2) is 9.59 Å². The molecule has 0 bridgehead atoms. The largest absolute Gasteiger partial charge is 0.478 e. The van der Waals surface area contributed by atoms with E-state index >= 15 is 0 Å². The summed E-state index contributed by atoms with van der Waals surface area (Å²) in [6, 6.07) is 0. The third-order valence-electron chi connectivity index (χ3n) is 2.17. The molecule has 0 saturated carbocycles. The minimum absolute atomic E-state index is 0.0163. The molecule has 1 atom stereocenters. The zero-order valence-electron chi connectivity index (χ0n) is 9.27. The van der Waals surface area contributed by atoms with E-state index < -0.39 is 17.9 Å². The Kier molecular flexibility index (Phi) is 5.85. The van der Waals surface area contributed by atoms with E-state index in [0.717, 1.165) is 0 Å². The molecule has 2 N–H and O–H groups in total. The molecule has 0 amide bonds. The Morgan fingerprint density at radius 1 is 1.31 bits per heavy atom. The highest BCUT2D eigenvalue weighted by Crippen LogP contribution is 2.16. The third kappa shape index (κ3) is 4.59. The molecule has 0 spiro atoms. The standard InChI is InChI=1S/C12H16O4/c1-4-5-6-10(12(15)16)7-8(2)9(3)11(13)14/h4,7-8H,1,3,5-6H2,2H3,(H,13,14)(H,15,16). The summed E-state index contributed by atoms with van der Waals surface area (Å²) in [6.45, 7) is 8.50. The van der Waals surface area contributed by atoms with Crippen molar-refractivity contribution < 1.29 is 19.8 Å². The minimum Gasteiger partial charge on any atom is -0.478 e. The summed E-state index contributed by atoms with van der Waals surface area (Å²) < 4.78 is 0. The average Bonchev–Trinajstić information content (AvgIpc) is 2.21. The number of carbonyl (C=O) groups is 2. The van der Waals surface area contributed by atoms with Gasteiger partial charge in [-0.15, -0.1) is 6.58 Å². The molecule has 0 aromatic carbocycles. The van der Waals surface area contributed by atoms with Crippen molar-refractivity contribution in [3.63, 3.8) is 0 Å². The fraction of sp³-hybridized carbons (Fsp3) is 0.333. The van der Waals surface area contributed by atoms with Crippen LogP contribution in [-0.2, 0) is 9.59 Å². The SMILES string of the molecule is C=CCCC(=CC(C)C(=C)C(=O)O)C(=O)O. The van der Waals surface area contributed by atoms with E-state index in [4.69, 9.17) is 10.2 Å². The van der Waals surface area contributed by atoms with Gasteiger partial charge in [-0.2, -0.15) is 0 Å². The summed E-state index contributed by atoms with van der Waals surface area (Å²) >= 11 is 0. The van der Waals surface area contributed by atoms with Crippen LogP contribution in [0.3, 0.4) is 0 Å². The summed E-state index contributed by atoms with van der Waals surface area (Å²) in [5.41, 5.74) is 0.173. The first-order valence-corrected chi connectivity index (χ1v) is 4.87. The number of hydrogen-bond donors (Lipinski definition) is 2. The summed E-state index contributed by atoms with van der Waals surface area (Å²) in [5.74, 6) is -2.64. The molecule has 0 aromatic rings. The van der Waals surface area contributed by atoms with Gasteiger partial charge in [0.2, 0.25) is 0 Å². The van der Waals surface area contributed by atoms with Crippen molar-refractivity contribution in [3.8, 4) is 0 Å². The van der Waals surface area contributed by atoms with Gasteiger partial charge in [-0.3, -0.25) is 0 Å². The number of rotatable bonds is 7. The van der Waals surface area contributed by atoms with Gasteiger partial charge in [0.15, 0.2) is 0 Å². The lowest BCUT2D eigenvalue weighted by Gasteiger charge is -2.08. The Labute approximate surface area is 94.6 Å². The second-order valence-corrected chi connectivity index (χ2v) is 3.44. The van der Waals surface area contributed by atoms with Crippen LogP contribution in [0.5, 0.6) is 0 Å². The summed E-state index contributed by atoms with van der Waals surface area (Å²) in [7, 11) is 0. The van der Waals surface area contributed by atoms with Gasteiger partial charge in [0.05, 0.1) is 0 Å². The smallest absolute Gasteiger partial charge is 0.331 e.